The van der Waals surface area contributed by atoms with Crippen molar-refractivity contribution in [2.24, 2.45) is 0 Å². The van der Waals surface area contributed by atoms with Crippen molar-refractivity contribution < 1.29 is 9.59 Å². The van der Waals surface area contributed by atoms with Crippen molar-refractivity contribution in [1.82, 2.24) is 9.80 Å². The first-order valence-corrected chi connectivity index (χ1v) is 5.59. The Labute approximate surface area is 92.6 Å². The third-order valence-corrected chi connectivity index (χ3v) is 3.56. The number of nitrogens with zero attached hydrogens (tertiary/aromatic N) is 2. The molecule has 1 heterocycles. The van der Waals surface area contributed by atoms with Crippen molar-refractivity contribution in [2.45, 2.75) is 12.8 Å². The van der Waals surface area contributed by atoms with E-state index in [2.05, 4.69) is 0 Å². The van der Waals surface area contributed by atoms with E-state index in [9.17, 15) is 9.59 Å². The van der Waals surface area contributed by atoms with Crippen molar-refractivity contribution in [3.05, 3.63) is 0 Å². The van der Waals surface area contributed by atoms with E-state index in [1.165, 1.54) is 16.7 Å². The summed E-state index contributed by atoms with van der Waals surface area (Å²) in [5.41, 5.74) is 0. The molecular formula is C8H12N2O2S2. The normalized spacial score (nSPS) is 16.3. The van der Waals surface area contributed by atoms with E-state index in [0.29, 0.717) is 23.0 Å². The molecule has 0 saturated carbocycles. The number of amides is 2. The van der Waals surface area contributed by atoms with E-state index >= 15 is 0 Å². The number of hydrogen-bond donors (Lipinski definition) is 0. The summed E-state index contributed by atoms with van der Waals surface area (Å²) in [4.78, 5) is 25.5. The predicted molar refractivity (Wildman–Crippen MR) is 59.8 cm³/mol. The molecular weight excluding hydrogens is 220 g/mol. The summed E-state index contributed by atoms with van der Waals surface area (Å²) >= 11 is 6.36. The van der Waals surface area contributed by atoms with Crippen molar-refractivity contribution in [3.8, 4) is 0 Å². The number of thiocarbonyl (C=S) groups is 1. The zero-order valence-electron chi connectivity index (χ0n) is 8.15. The van der Waals surface area contributed by atoms with E-state index < -0.39 is 0 Å². The maximum atomic E-state index is 11.2. The molecule has 78 valence electrons. The maximum Gasteiger partial charge on any atom is 0.230 e. The highest BCUT2D eigenvalue weighted by molar-refractivity contribution is 8.22. The first-order valence-electron chi connectivity index (χ1n) is 4.19. The summed E-state index contributed by atoms with van der Waals surface area (Å²) in [5, 5.41) is 0. The molecule has 0 radical (unpaired) electrons. The molecule has 14 heavy (non-hydrogen) atoms. The third kappa shape index (κ3) is 2.68. The molecule has 0 N–H and O–H groups in total. The van der Waals surface area contributed by atoms with Gasteiger partial charge in [-0.1, -0.05) is 24.0 Å². The van der Waals surface area contributed by atoms with Crippen LogP contribution in [0.5, 0.6) is 0 Å². The van der Waals surface area contributed by atoms with Crippen LogP contribution < -0.4 is 0 Å². The predicted octanol–water partition coefficient (Wildman–Crippen LogP) is 0.673. The van der Waals surface area contributed by atoms with Gasteiger partial charge in [0.2, 0.25) is 11.8 Å². The van der Waals surface area contributed by atoms with Gasteiger partial charge in [0.05, 0.1) is 5.88 Å². The van der Waals surface area contributed by atoms with Crippen LogP contribution in [-0.2, 0) is 9.59 Å². The molecule has 0 aromatic rings. The Morgan fingerprint density at radius 2 is 1.93 bits per heavy atom. The molecule has 0 atom stereocenters. The summed E-state index contributed by atoms with van der Waals surface area (Å²) in [7, 11) is 3.67. The number of imide groups is 1. The van der Waals surface area contributed by atoms with Gasteiger partial charge in [0.15, 0.2) is 0 Å². The second kappa shape index (κ2) is 4.75. The molecule has 0 unspecified atom stereocenters. The molecule has 1 saturated heterocycles. The molecule has 1 fully saturated rings. The van der Waals surface area contributed by atoms with E-state index in [0.717, 1.165) is 0 Å². The lowest BCUT2D eigenvalue weighted by Crippen LogP contribution is -2.30. The van der Waals surface area contributed by atoms with Crippen LogP contribution in [0.2, 0.25) is 0 Å². The van der Waals surface area contributed by atoms with Crippen LogP contribution in [0.3, 0.4) is 0 Å². The molecule has 1 aliphatic rings. The fourth-order valence-corrected chi connectivity index (χ4v) is 1.96. The van der Waals surface area contributed by atoms with Crippen molar-refractivity contribution in [1.29, 1.82) is 0 Å². The second-order valence-electron chi connectivity index (χ2n) is 3.15. The molecule has 6 heteroatoms. The Morgan fingerprint density at radius 3 is 2.36 bits per heavy atom. The summed E-state index contributed by atoms with van der Waals surface area (Å²) in [6, 6.07) is 0. The SMILES string of the molecule is CN(C)C(=S)SCN1C(=O)CCC1=O. The Morgan fingerprint density at radius 1 is 1.43 bits per heavy atom. The quantitative estimate of drug-likeness (QED) is 0.517. The van der Waals surface area contributed by atoms with Crippen LogP contribution >= 0.6 is 24.0 Å². The van der Waals surface area contributed by atoms with Gasteiger partial charge in [-0.2, -0.15) is 0 Å². The lowest BCUT2D eigenvalue weighted by atomic mass is 10.4. The molecule has 0 aliphatic carbocycles. The van der Waals surface area contributed by atoms with Crippen LogP contribution in [0.4, 0.5) is 0 Å². The number of carbonyl (C=O) groups excluding carboxylic acids is 2. The molecule has 0 spiro atoms. The van der Waals surface area contributed by atoms with E-state index in [4.69, 9.17) is 12.2 Å². The Balaban J connectivity index is 2.41. The highest BCUT2D eigenvalue weighted by atomic mass is 32.2. The highest BCUT2D eigenvalue weighted by Crippen LogP contribution is 2.17. The first kappa shape index (κ1) is 11.5. The van der Waals surface area contributed by atoms with Crippen molar-refractivity contribution >= 4 is 40.1 Å². The average molecular weight is 232 g/mol. The van der Waals surface area contributed by atoms with E-state index in [1.807, 2.05) is 14.1 Å². The van der Waals surface area contributed by atoms with Gasteiger partial charge in [-0.3, -0.25) is 14.5 Å². The zero-order valence-corrected chi connectivity index (χ0v) is 9.78. The maximum absolute atomic E-state index is 11.2. The average Bonchev–Trinajstić information content (AvgIpc) is 2.43. The fourth-order valence-electron chi connectivity index (χ4n) is 1.02. The Kier molecular flexibility index (Phi) is 3.88. The van der Waals surface area contributed by atoms with Gasteiger partial charge in [0.1, 0.15) is 4.32 Å². The lowest BCUT2D eigenvalue weighted by molar-refractivity contribution is -0.137. The van der Waals surface area contributed by atoms with Crippen LogP contribution in [0.1, 0.15) is 12.8 Å². The van der Waals surface area contributed by atoms with E-state index in [1.54, 1.807) is 4.90 Å². The Bertz CT molecular complexity index is 263. The summed E-state index contributed by atoms with van der Waals surface area (Å²) in [5.74, 6) is 0.155. The van der Waals surface area contributed by atoms with Gasteiger partial charge >= 0.3 is 0 Å². The number of rotatable bonds is 2. The minimum absolute atomic E-state index is 0.0935. The fraction of sp³-hybridized carbons (Fsp3) is 0.625. The van der Waals surface area contributed by atoms with Crippen LogP contribution in [0, 0.1) is 0 Å². The molecule has 1 rings (SSSR count). The molecule has 2 amide bonds. The Hall–Kier alpha value is -0.620. The number of hydrogen-bond acceptors (Lipinski definition) is 4. The summed E-state index contributed by atoms with van der Waals surface area (Å²) < 4.78 is 0.678. The van der Waals surface area contributed by atoms with Gasteiger partial charge in [-0.05, 0) is 0 Å². The highest BCUT2D eigenvalue weighted by Gasteiger charge is 2.28. The molecule has 0 bridgehead atoms. The summed E-state index contributed by atoms with van der Waals surface area (Å²) in [6.45, 7) is 0. The third-order valence-electron chi connectivity index (χ3n) is 1.84. The number of likely N-dealkylation sites (tertiary alicyclic amines) is 1. The second-order valence-corrected chi connectivity index (χ2v) is 4.73. The van der Waals surface area contributed by atoms with Crippen LogP contribution in [0.15, 0.2) is 0 Å². The summed E-state index contributed by atoms with van der Waals surface area (Å²) in [6.07, 6.45) is 0.683. The minimum atomic E-state index is -0.0935. The van der Waals surface area contributed by atoms with Gasteiger partial charge in [0.25, 0.3) is 0 Å². The zero-order chi connectivity index (χ0) is 10.7. The van der Waals surface area contributed by atoms with Gasteiger partial charge in [0, 0.05) is 26.9 Å². The molecule has 0 aromatic carbocycles. The number of carbonyl (C=O) groups is 2. The molecule has 4 nitrogen and oxygen atoms in total. The first-order chi connectivity index (χ1) is 6.52. The minimum Gasteiger partial charge on any atom is -0.364 e. The monoisotopic (exact) mass is 232 g/mol. The lowest BCUT2D eigenvalue weighted by Gasteiger charge is -2.16. The van der Waals surface area contributed by atoms with Crippen LogP contribution in [-0.4, -0.2) is 45.9 Å². The number of thioether (sulfide) groups is 1. The van der Waals surface area contributed by atoms with Gasteiger partial charge in [-0.25, -0.2) is 0 Å². The molecule has 1 aliphatic heterocycles. The van der Waals surface area contributed by atoms with Crippen molar-refractivity contribution in [3.63, 3.8) is 0 Å². The smallest absolute Gasteiger partial charge is 0.230 e. The van der Waals surface area contributed by atoms with Gasteiger partial charge in [-0.15, -0.1) is 0 Å². The van der Waals surface area contributed by atoms with Gasteiger partial charge < -0.3 is 4.90 Å². The topological polar surface area (TPSA) is 40.6 Å². The van der Waals surface area contributed by atoms with Crippen molar-refractivity contribution in [2.75, 3.05) is 20.0 Å². The van der Waals surface area contributed by atoms with E-state index in [-0.39, 0.29) is 11.8 Å². The molecule has 0 aromatic heterocycles. The largest absolute Gasteiger partial charge is 0.364 e. The van der Waals surface area contributed by atoms with Crippen LogP contribution in [0.25, 0.3) is 0 Å². The standard InChI is InChI=1S/C8H12N2O2S2/c1-9(2)8(13)14-5-10-6(11)3-4-7(10)12/h3-5H2,1-2H3.